The Morgan fingerprint density at radius 3 is 2.30 bits per heavy atom. The van der Waals surface area contributed by atoms with Crippen molar-refractivity contribution in [3.63, 3.8) is 0 Å². The predicted molar refractivity (Wildman–Crippen MR) is 135 cm³/mol. The molecule has 1 N–H and O–H groups in total. The quantitative estimate of drug-likeness (QED) is 0.469. The molecule has 7 nitrogen and oxygen atoms in total. The van der Waals surface area contributed by atoms with E-state index in [0.29, 0.717) is 24.3 Å². The summed E-state index contributed by atoms with van der Waals surface area (Å²) < 4.78 is 45.6. The molecule has 0 spiro atoms. The fraction of sp³-hybridized carbons (Fsp3) is 0.346. The number of nitrogens with zero attached hydrogens (tertiary/aromatic N) is 3. The molecule has 3 aromatic rings. The number of benzene rings is 2. The first-order chi connectivity index (χ1) is 17.3. The van der Waals surface area contributed by atoms with Crippen molar-refractivity contribution in [2.45, 2.75) is 25.4 Å². The van der Waals surface area contributed by atoms with Gasteiger partial charge in [0, 0.05) is 49.0 Å². The number of amides is 2. The fourth-order valence-corrected chi connectivity index (χ4v) is 4.30. The van der Waals surface area contributed by atoms with Crippen LogP contribution in [0.15, 0.2) is 59.0 Å². The van der Waals surface area contributed by atoms with Crippen LogP contribution < -0.4 is 10.2 Å². The van der Waals surface area contributed by atoms with E-state index in [-0.39, 0.29) is 30.1 Å². The van der Waals surface area contributed by atoms with Gasteiger partial charge in [-0.3, -0.25) is 9.59 Å². The minimum Gasteiger partial charge on any atom is -0.431 e. The molecule has 1 saturated carbocycles. The van der Waals surface area contributed by atoms with E-state index in [9.17, 15) is 22.8 Å². The summed E-state index contributed by atoms with van der Waals surface area (Å²) in [6.45, 7) is 2.88. The molecule has 196 valence electrons. The van der Waals surface area contributed by atoms with Gasteiger partial charge in [-0.2, -0.15) is 13.2 Å². The fourth-order valence-electron chi connectivity index (χ4n) is 4.30. The lowest BCUT2D eigenvalue weighted by Gasteiger charge is -2.24. The van der Waals surface area contributed by atoms with Gasteiger partial charge in [0.1, 0.15) is 0 Å². The second-order valence-electron chi connectivity index (χ2n) is 9.00. The highest BCUT2D eigenvalue weighted by Gasteiger charge is 2.42. The summed E-state index contributed by atoms with van der Waals surface area (Å²) in [6.07, 6.45) is -2.05. The molecule has 1 saturated heterocycles. The largest absolute Gasteiger partial charge is 0.452 e. The molecule has 2 fully saturated rings. The Labute approximate surface area is 218 Å². The Morgan fingerprint density at radius 1 is 0.946 bits per heavy atom. The molecule has 0 unspecified atom stereocenters. The summed E-state index contributed by atoms with van der Waals surface area (Å²) in [5, 5.41) is 2.49. The molecule has 0 bridgehead atoms. The molecule has 0 radical (unpaired) electrons. The van der Waals surface area contributed by atoms with Gasteiger partial charge in [-0.05, 0) is 55.7 Å². The molecule has 1 aliphatic heterocycles. The zero-order valence-corrected chi connectivity index (χ0v) is 20.6. The van der Waals surface area contributed by atoms with Gasteiger partial charge < -0.3 is 19.5 Å². The van der Waals surface area contributed by atoms with E-state index in [0.717, 1.165) is 38.0 Å². The van der Waals surface area contributed by atoms with E-state index in [1.807, 2.05) is 4.90 Å². The van der Waals surface area contributed by atoms with Crippen LogP contribution in [0, 0.1) is 5.92 Å². The number of alkyl halides is 3. The first-order valence-electron chi connectivity index (χ1n) is 11.9. The molecule has 5 rings (SSSR count). The normalized spacial score (nSPS) is 16.1. The van der Waals surface area contributed by atoms with Crippen LogP contribution in [-0.2, 0) is 11.0 Å². The number of anilines is 2. The van der Waals surface area contributed by atoms with E-state index in [1.165, 1.54) is 0 Å². The number of carbonyl (C=O) groups is 2. The molecule has 0 atom stereocenters. The van der Waals surface area contributed by atoms with E-state index < -0.39 is 23.5 Å². The minimum absolute atomic E-state index is 0. The van der Waals surface area contributed by atoms with Gasteiger partial charge in [-0.15, -0.1) is 12.4 Å². The zero-order valence-electron chi connectivity index (χ0n) is 19.8. The van der Waals surface area contributed by atoms with Crippen LogP contribution >= 0.6 is 12.4 Å². The highest BCUT2D eigenvalue weighted by molar-refractivity contribution is 6.04. The van der Waals surface area contributed by atoms with Gasteiger partial charge in [0.2, 0.25) is 17.6 Å². The topological polar surface area (TPSA) is 78.7 Å². The summed E-state index contributed by atoms with van der Waals surface area (Å²) in [7, 11) is 0. The van der Waals surface area contributed by atoms with Gasteiger partial charge in [0.15, 0.2) is 5.69 Å². The number of oxazole rings is 1. The third-order valence-corrected chi connectivity index (χ3v) is 6.34. The molecule has 1 aliphatic carbocycles. The van der Waals surface area contributed by atoms with Crippen molar-refractivity contribution in [1.82, 2.24) is 9.88 Å². The maximum atomic E-state index is 13.5. The molecular weight excluding hydrogens is 509 g/mol. The lowest BCUT2D eigenvalue weighted by molar-refractivity contribution is -0.153. The minimum atomic E-state index is -4.88. The molecule has 11 heteroatoms. The molecule has 2 amide bonds. The summed E-state index contributed by atoms with van der Waals surface area (Å²) in [4.78, 5) is 33.1. The standard InChI is InChI=1S/C26H25F3N4O3.ClH/c27-26(28,29)22-21(31-24(36-22)17-5-2-1-3-6-17)23(34)30-19-9-11-20(12-10-19)32-13-4-14-33(16-15-32)25(35)18-7-8-18;/h1-3,5-6,9-12,18H,4,7-8,13-16H2,(H,30,34);1H. The molecular formula is C26H26ClF3N4O3. The lowest BCUT2D eigenvalue weighted by atomic mass is 10.2. The highest BCUT2D eigenvalue weighted by Crippen LogP contribution is 2.36. The van der Waals surface area contributed by atoms with Crippen LogP contribution in [-0.4, -0.2) is 47.9 Å². The molecule has 2 heterocycles. The maximum absolute atomic E-state index is 13.5. The number of rotatable bonds is 5. The Balaban J connectivity index is 0.00000320. The number of nitrogens with one attached hydrogen (secondary N) is 1. The average Bonchev–Trinajstić information content (AvgIpc) is 3.66. The second kappa shape index (κ2) is 10.8. The average molecular weight is 535 g/mol. The van der Waals surface area contributed by atoms with Crippen molar-refractivity contribution < 1.29 is 27.2 Å². The van der Waals surface area contributed by atoms with Gasteiger partial charge in [0.05, 0.1) is 0 Å². The monoisotopic (exact) mass is 534 g/mol. The summed E-state index contributed by atoms with van der Waals surface area (Å²) in [5.74, 6) is -2.28. The number of carbonyl (C=O) groups excluding carboxylic acids is 2. The SMILES string of the molecule is Cl.O=C(Nc1ccc(N2CCCN(C(=O)C3CC3)CC2)cc1)c1nc(-c2ccccc2)oc1C(F)(F)F. The highest BCUT2D eigenvalue weighted by atomic mass is 35.5. The van der Waals surface area contributed by atoms with Crippen molar-refractivity contribution in [2.75, 3.05) is 36.4 Å². The van der Waals surface area contributed by atoms with Crippen LogP contribution in [0.4, 0.5) is 24.5 Å². The van der Waals surface area contributed by atoms with Crippen molar-refractivity contribution in [2.24, 2.45) is 5.92 Å². The van der Waals surface area contributed by atoms with Gasteiger partial charge in [-0.1, -0.05) is 18.2 Å². The Kier molecular flexibility index (Phi) is 7.77. The third kappa shape index (κ3) is 6.07. The number of halogens is 4. The van der Waals surface area contributed by atoms with E-state index in [2.05, 4.69) is 15.2 Å². The number of hydrogen-bond acceptors (Lipinski definition) is 5. The van der Waals surface area contributed by atoms with Crippen LogP contribution in [0.1, 0.15) is 35.5 Å². The number of aromatic nitrogens is 1. The summed E-state index contributed by atoms with van der Waals surface area (Å²) >= 11 is 0. The van der Waals surface area contributed by atoms with Crippen molar-refractivity contribution >= 4 is 35.6 Å². The Hall–Kier alpha value is -3.53. The Morgan fingerprint density at radius 2 is 1.65 bits per heavy atom. The van der Waals surface area contributed by atoms with E-state index in [4.69, 9.17) is 4.42 Å². The van der Waals surface area contributed by atoms with Gasteiger partial charge in [0.25, 0.3) is 5.91 Å². The maximum Gasteiger partial charge on any atom is 0.452 e. The van der Waals surface area contributed by atoms with E-state index >= 15 is 0 Å². The van der Waals surface area contributed by atoms with Crippen LogP contribution in [0.3, 0.4) is 0 Å². The van der Waals surface area contributed by atoms with Crippen molar-refractivity contribution in [3.05, 3.63) is 66.1 Å². The lowest BCUT2D eigenvalue weighted by Crippen LogP contribution is -2.36. The Bertz CT molecular complexity index is 1240. The van der Waals surface area contributed by atoms with E-state index in [1.54, 1.807) is 54.6 Å². The van der Waals surface area contributed by atoms with Crippen LogP contribution in [0.2, 0.25) is 0 Å². The number of hydrogen-bond donors (Lipinski definition) is 1. The molecule has 2 aromatic carbocycles. The van der Waals surface area contributed by atoms with Gasteiger partial charge in [-0.25, -0.2) is 4.98 Å². The molecule has 37 heavy (non-hydrogen) atoms. The first kappa shape index (κ1) is 26.5. The van der Waals surface area contributed by atoms with Crippen LogP contribution in [0.5, 0.6) is 0 Å². The summed E-state index contributed by atoms with van der Waals surface area (Å²) in [5.41, 5.74) is 0.763. The second-order valence-corrected chi connectivity index (χ2v) is 9.00. The third-order valence-electron chi connectivity index (χ3n) is 6.34. The van der Waals surface area contributed by atoms with Gasteiger partial charge >= 0.3 is 6.18 Å². The zero-order chi connectivity index (χ0) is 25.3. The van der Waals surface area contributed by atoms with Crippen molar-refractivity contribution in [3.8, 4) is 11.5 Å². The summed E-state index contributed by atoms with van der Waals surface area (Å²) in [6, 6.07) is 15.0. The van der Waals surface area contributed by atoms with Crippen LogP contribution in [0.25, 0.3) is 11.5 Å². The molecule has 2 aliphatic rings. The molecule has 1 aromatic heterocycles. The van der Waals surface area contributed by atoms with Crippen molar-refractivity contribution in [1.29, 1.82) is 0 Å². The first-order valence-corrected chi connectivity index (χ1v) is 11.9. The smallest absolute Gasteiger partial charge is 0.431 e. The predicted octanol–water partition coefficient (Wildman–Crippen LogP) is 5.48.